The van der Waals surface area contributed by atoms with Crippen molar-refractivity contribution in [2.75, 3.05) is 10.6 Å². The number of ketones is 2. The maximum atomic E-state index is 13.2. The van der Waals surface area contributed by atoms with Gasteiger partial charge >= 0.3 is 0 Å². The highest BCUT2D eigenvalue weighted by Gasteiger charge is 2.29. The maximum absolute atomic E-state index is 13.2. The van der Waals surface area contributed by atoms with Gasteiger partial charge in [0.1, 0.15) is 5.82 Å². The van der Waals surface area contributed by atoms with Crippen LogP contribution in [-0.4, -0.2) is 16.7 Å². The fourth-order valence-corrected chi connectivity index (χ4v) is 3.46. The quantitative estimate of drug-likeness (QED) is 0.452. The summed E-state index contributed by atoms with van der Waals surface area (Å²) in [6, 6.07) is 15.8. The minimum atomic E-state index is -0.524. The first-order valence-electron chi connectivity index (χ1n) is 8.29. The molecule has 3 aromatic carbocycles. The summed E-state index contributed by atoms with van der Waals surface area (Å²) in [4.78, 5) is 25.4. The average Bonchev–Trinajstić information content (AvgIpc) is 2.69. The molecule has 3 aromatic rings. The summed E-state index contributed by atoms with van der Waals surface area (Å²) in [5, 5.41) is 6.06. The predicted octanol–water partition coefficient (Wildman–Crippen LogP) is 5.06. The number of carbonyl (C=O) groups is 2. The Morgan fingerprint density at radius 2 is 1.32 bits per heavy atom. The van der Waals surface area contributed by atoms with Gasteiger partial charge in [-0.25, -0.2) is 4.39 Å². The molecule has 1 aliphatic carbocycles. The topological polar surface area (TPSA) is 58.2 Å². The molecule has 0 bridgehead atoms. The normalized spacial score (nSPS) is 12.2. The van der Waals surface area contributed by atoms with Crippen LogP contribution in [0, 0.1) is 5.82 Å². The van der Waals surface area contributed by atoms with E-state index >= 15 is 0 Å². The number of anilines is 2. The number of carbonyl (C=O) groups excluding carboxylic acids is 2. The van der Waals surface area contributed by atoms with Gasteiger partial charge in [-0.3, -0.25) is 9.59 Å². The summed E-state index contributed by atoms with van der Waals surface area (Å²) < 4.78 is 13.2. The number of nitrogens with one attached hydrogen (secondary N) is 2. The SMILES string of the molecule is O=C1c2ccccc2C(=O)c2cc(NC(=S)Nc3ccc(F)c(Cl)c3)ccc21. The monoisotopic (exact) mass is 410 g/mol. The lowest BCUT2D eigenvalue weighted by Gasteiger charge is -2.18. The highest BCUT2D eigenvalue weighted by molar-refractivity contribution is 7.80. The standard InChI is InChI=1S/C21H12ClFN2O2S/c22-17-10-12(6-8-18(17)23)25-21(28)24-11-5-7-15-16(9-11)20(27)14-4-2-1-3-13(14)19(15)26/h1-10H,(H2,24,25,28). The van der Waals surface area contributed by atoms with Crippen molar-refractivity contribution in [2.24, 2.45) is 0 Å². The Kier molecular flexibility index (Phi) is 4.66. The molecule has 4 rings (SSSR count). The van der Waals surface area contributed by atoms with Gasteiger partial charge in [-0.2, -0.15) is 0 Å². The number of rotatable bonds is 2. The summed E-state index contributed by atoms with van der Waals surface area (Å²) in [7, 11) is 0. The molecule has 0 radical (unpaired) electrons. The van der Waals surface area contributed by atoms with Crippen molar-refractivity contribution in [3.05, 3.63) is 93.8 Å². The zero-order valence-electron chi connectivity index (χ0n) is 14.3. The van der Waals surface area contributed by atoms with Crippen LogP contribution in [0.3, 0.4) is 0 Å². The van der Waals surface area contributed by atoms with E-state index in [1.54, 1.807) is 42.5 Å². The number of thiocarbonyl (C=S) groups is 1. The van der Waals surface area contributed by atoms with E-state index in [1.165, 1.54) is 18.2 Å². The van der Waals surface area contributed by atoms with Gasteiger partial charge in [-0.15, -0.1) is 0 Å². The third-order valence-electron chi connectivity index (χ3n) is 4.36. The van der Waals surface area contributed by atoms with Crippen LogP contribution in [0.1, 0.15) is 31.8 Å². The molecule has 0 aliphatic heterocycles. The molecule has 28 heavy (non-hydrogen) atoms. The van der Waals surface area contributed by atoms with E-state index in [0.717, 1.165) is 0 Å². The van der Waals surface area contributed by atoms with Crippen LogP contribution < -0.4 is 10.6 Å². The Balaban J connectivity index is 1.57. The van der Waals surface area contributed by atoms with E-state index in [1.807, 2.05) is 0 Å². The smallest absolute Gasteiger partial charge is 0.194 e. The lowest BCUT2D eigenvalue weighted by Crippen LogP contribution is -2.22. The second-order valence-corrected chi connectivity index (χ2v) is 6.99. The van der Waals surface area contributed by atoms with Gasteiger partial charge in [0.2, 0.25) is 0 Å². The number of benzene rings is 3. The lowest BCUT2D eigenvalue weighted by atomic mass is 9.84. The van der Waals surface area contributed by atoms with Crippen LogP contribution >= 0.6 is 23.8 Å². The Morgan fingerprint density at radius 3 is 1.96 bits per heavy atom. The number of hydrogen-bond donors (Lipinski definition) is 2. The first kappa shape index (κ1) is 18.3. The Labute approximate surface area is 170 Å². The first-order valence-corrected chi connectivity index (χ1v) is 9.08. The number of halogens is 2. The fraction of sp³-hybridized carbons (Fsp3) is 0. The zero-order chi connectivity index (χ0) is 19.8. The van der Waals surface area contributed by atoms with Crippen LogP contribution in [-0.2, 0) is 0 Å². The molecule has 0 atom stereocenters. The van der Waals surface area contributed by atoms with Crippen LogP contribution in [0.2, 0.25) is 5.02 Å². The highest BCUT2D eigenvalue weighted by Crippen LogP contribution is 2.29. The third kappa shape index (κ3) is 3.28. The van der Waals surface area contributed by atoms with E-state index in [0.29, 0.717) is 33.6 Å². The molecule has 0 aromatic heterocycles. The molecule has 4 nitrogen and oxygen atoms in total. The van der Waals surface area contributed by atoms with Gasteiger partial charge in [-0.05, 0) is 48.6 Å². The highest BCUT2D eigenvalue weighted by atomic mass is 35.5. The molecule has 138 valence electrons. The van der Waals surface area contributed by atoms with Gasteiger partial charge in [0.25, 0.3) is 0 Å². The molecule has 0 spiro atoms. The Morgan fingerprint density at radius 1 is 0.786 bits per heavy atom. The van der Waals surface area contributed by atoms with Crippen molar-refractivity contribution in [1.82, 2.24) is 0 Å². The van der Waals surface area contributed by atoms with E-state index in [4.69, 9.17) is 23.8 Å². The second kappa shape index (κ2) is 7.14. The zero-order valence-corrected chi connectivity index (χ0v) is 15.8. The average molecular weight is 411 g/mol. The molecule has 0 unspecified atom stereocenters. The molecular formula is C21H12ClFN2O2S. The third-order valence-corrected chi connectivity index (χ3v) is 4.85. The molecule has 0 saturated heterocycles. The second-order valence-electron chi connectivity index (χ2n) is 6.17. The predicted molar refractivity (Wildman–Crippen MR) is 111 cm³/mol. The summed E-state index contributed by atoms with van der Waals surface area (Å²) in [6.45, 7) is 0. The van der Waals surface area contributed by atoms with Gasteiger partial charge in [0, 0.05) is 33.6 Å². The van der Waals surface area contributed by atoms with Crippen molar-refractivity contribution >= 4 is 51.9 Å². The van der Waals surface area contributed by atoms with Crippen LogP contribution in [0.5, 0.6) is 0 Å². The molecular weight excluding hydrogens is 399 g/mol. The van der Waals surface area contributed by atoms with E-state index in [2.05, 4.69) is 10.6 Å². The molecule has 7 heteroatoms. The van der Waals surface area contributed by atoms with E-state index in [-0.39, 0.29) is 21.7 Å². The summed E-state index contributed by atoms with van der Waals surface area (Å²) >= 11 is 11.0. The van der Waals surface area contributed by atoms with Gasteiger partial charge in [0.15, 0.2) is 16.7 Å². The minimum absolute atomic E-state index is 0.0237. The fourth-order valence-electron chi connectivity index (χ4n) is 3.04. The largest absolute Gasteiger partial charge is 0.332 e. The van der Waals surface area contributed by atoms with Crippen LogP contribution in [0.25, 0.3) is 0 Å². The molecule has 0 heterocycles. The molecule has 0 amide bonds. The molecule has 0 fully saturated rings. The van der Waals surface area contributed by atoms with Crippen LogP contribution in [0.15, 0.2) is 60.7 Å². The van der Waals surface area contributed by atoms with Crippen LogP contribution in [0.4, 0.5) is 15.8 Å². The first-order chi connectivity index (χ1) is 13.4. The minimum Gasteiger partial charge on any atom is -0.332 e. The van der Waals surface area contributed by atoms with E-state index < -0.39 is 5.82 Å². The lowest BCUT2D eigenvalue weighted by molar-refractivity contribution is 0.0979. The van der Waals surface area contributed by atoms with Crippen molar-refractivity contribution < 1.29 is 14.0 Å². The van der Waals surface area contributed by atoms with Gasteiger partial charge in [0.05, 0.1) is 5.02 Å². The summed E-state index contributed by atoms with van der Waals surface area (Å²) in [5.41, 5.74) is 2.54. The number of fused-ring (bicyclic) bond motifs is 2. The van der Waals surface area contributed by atoms with Crippen molar-refractivity contribution in [1.29, 1.82) is 0 Å². The Hall–Kier alpha value is -3.09. The molecule has 0 saturated carbocycles. The maximum Gasteiger partial charge on any atom is 0.194 e. The van der Waals surface area contributed by atoms with Gasteiger partial charge < -0.3 is 10.6 Å². The van der Waals surface area contributed by atoms with E-state index in [9.17, 15) is 14.0 Å². The molecule has 2 N–H and O–H groups in total. The van der Waals surface area contributed by atoms with Gasteiger partial charge in [-0.1, -0.05) is 35.9 Å². The van der Waals surface area contributed by atoms with Crippen molar-refractivity contribution in [2.45, 2.75) is 0 Å². The van der Waals surface area contributed by atoms with Crippen molar-refractivity contribution in [3.8, 4) is 0 Å². The van der Waals surface area contributed by atoms with Crippen molar-refractivity contribution in [3.63, 3.8) is 0 Å². The summed E-state index contributed by atoms with van der Waals surface area (Å²) in [6.07, 6.45) is 0. The number of hydrogen-bond acceptors (Lipinski definition) is 3. The molecule has 1 aliphatic rings. The summed E-state index contributed by atoms with van der Waals surface area (Å²) in [5.74, 6) is -0.916. The Bertz CT molecular complexity index is 1160.